The summed E-state index contributed by atoms with van der Waals surface area (Å²) in [6.45, 7) is 0. The molecule has 5 rings (SSSR count). The van der Waals surface area contributed by atoms with E-state index in [1.54, 1.807) is 23.3 Å². The maximum atomic E-state index is 12.9. The Kier molecular flexibility index (Phi) is 4.01. The molecule has 0 aliphatic carbocycles. The third kappa shape index (κ3) is 2.99. The fourth-order valence-corrected chi connectivity index (χ4v) is 4.54. The highest BCUT2D eigenvalue weighted by atomic mass is 16.2. The SMILES string of the molecule is Cn1cc(-c2cc3cc(NC(=O)N4[C@@H]5CC[C@H]4C[C@@H](N)C5)ncc3cn2)cn1. The van der Waals surface area contributed by atoms with E-state index in [0.717, 1.165) is 47.7 Å². The van der Waals surface area contributed by atoms with Gasteiger partial charge in [-0.1, -0.05) is 0 Å². The largest absolute Gasteiger partial charge is 0.328 e. The number of fused-ring (bicyclic) bond motifs is 3. The molecule has 3 aromatic heterocycles. The van der Waals surface area contributed by atoms with Crippen LogP contribution in [-0.2, 0) is 7.05 Å². The molecule has 2 amide bonds. The molecule has 144 valence electrons. The number of amides is 2. The summed E-state index contributed by atoms with van der Waals surface area (Å²) in [5, 5.41) is 9.08. The molecule has 2 saturated heterocycles. The van der Waals surface area contributed by atoms with E-state index in [9.17, 15) is 4.79 Å². The van der Waals surface area contributed by atoms with Crippen LogP contribution in [0.25, 0.3) is 22.0 Å². The maximum absolute atomic E-state index is 12.9. The lowest BCUT2D eigenvalue weighted by atomic mass is 9.99. The summed E-state index contributed by atoms with van der Waals surface area (Å²) in [7, 11) is 1.88. The minimum atomic E-state index is -0.0761. The first-order valence-corrected chi connectivity index (χ1v) is 9.66. The summed E-state index contributed by atoms with van der Waals surface area (Å²) in [5.41, 5.74) is 7.91. The lowest BCUT2D eigenvalue weighted by molar-refractivity contribution is 0.150. The minimum absolute atomic E-state index is 0.0761. The first-order chi connectivity index (χ1) is 13.6. The molecule has 2 fully saturated rings. The van der Waals surface area contributed by atoms with Crippen molar-refractivity contribution in [3.63, 3.8) is 0 Å². The van der Waals surface area contributed by atoms with E-state index < -0.39 is 0 Å². The van der Waals surface area contributed by atoms with Crippen molar-refractivity contribution in [1.29, 1.82) is 0 Å². The van der Waals surface area contributed by atoms with Crippen molar-refractivity contribution in [3.05, 3.63) is 36.9 Å². The van der Waals surface area contributed by atoms with Crippen molar-refractivity contribution in [2.24, 2.45) is 12.8 Å². The zero-order chi connectivity index (χ0) is 19.3. The van der Waals surface area contributed by atoms with Gasteiger partial charge in [0.25, 0.3) is 0 Å². The van der Waals surface area contributed by atoms with Gasteiger partial charge in [0, 0.05) is 54.7 Å². The van der Waals surface area contributed by atoms with Gasteiger partial charge in [0.2, 0.25) is 0 Å². The predicted octanol–water partition coefficient (Wildman–Crippen LogP) is 2.52. The second-order valence-corrected chi connectivity index (χ2v) is 7.84. The van der Waals surface area contributed by atoms with E-state index in [-0.39, 0.29) is 24.2 Å². The summed E-state index contributed by atoms with van der Waals surface area (Å²) in [4.78, 5) is 23.7. The predicted molar refractivity (Wildman–Crippen MR) is 107 cm³/mol. The summed E-state index contributed by atoms with van der Waals surface area (Å²) < 4.78 is 1.75. The third-order valence-corrected chi connectivity index (χ3v) is 5.84. The minimum Gasteiger partial charge on any atom is -0.328 e. The van der Waals surface area contributed by atoms with Crippen molar-refractivity contribution >= 4 is 22.6 Å². The Morgan fingerprint density at radius 3 is 2.57 bits per heavy atom. The number of carbonyl (C=O) groups is 1. The molecule has 8 nitrogen and oxygen atoms in total. The van der Waals surface area contributed by atoms with Gasteiger partial charge in [0.1, 0.15) is 5.82 Å². The summed E-state index contributed by atoms with van der Waals surface area (Å²) in [6, 6.07) is 4.51. The van der Waals surface area contributed by atoms with Crippen LogP contribution < -0.4 is 11.1 Å². The van der Waals surface area contributed by atoms with Gasteiger partial charge >= 0.3 is 6.03 Å². The number of carbonyl (C=O) groups excluding carboxylic acids is 1. The van der Waals surface area contributed by atoms with Gasteiger partial charge in [0.05, 0.1) is 11.9 Å². The highest BCUT2D eigenvalue weighted by Crippen LogP contribution is 2.35. The fraction of sp³-hybridized carbons (Fsp3) is 0.400. The number of pyridine rings is 2. The number of aryl methyl sites for hydroxylation is 1. The van der Waals surface area contributed by atoms with E-state index in [2.05, 4.69) is 20.4 Å². The molecule has 3 aromatic rings. The standard InChI is InChI=1S/C20H23N7O/c1-26-11-14(10-24-26)18-4-12-5-19(23-9-13(12)8-22-18)25-20(28)27-16-2-3-17(27)7-15(21)6-16/h4-5,8-11,15-17H,2-3,6-7,21H2,1H3,(H,23,25,28)/t15-,16+,17-. The van der Waals surface area contributed by atoms with E-state index in [0.29, 0.717) is 5.82 Å². The number of hydrogen-bond donors (Lipinski definition) is 2. The molecule has 0 aromatic carbocycles. The van der Waals surface area contributed by atoms with Gasteiger partial charge in [-0.25, -0.2) is 9.78 Å². The molecule has 0 radical (unpaired) electrons. The van der Waals surface area contributed by atoms with Crippen LogP contribution in [0.15, 0.2) is 36.9 Å². The van der Waals surface area contributed by atoms with Gasteiger partial charge in [-0.3, -0.25) is 15.0 Å². The average Bonchev–Trinajstić information content (AvgIpc) is 3.22. The van der Waals surface area contributed by atoms with Crippen LogP contribution in [0.1, 0.15) is 25.7 Å². The Balaban J connectivity index is 1.39. The Hall–Kier alpha value is -3.00. The monoisotopic (exact) mass is 377 g/mol. The number of anilines is 1. The van der Waals surface area contributed by atoms with E-state index >= 15 is 0 Å². The van der Waals surface area contributed by atoms with Gasteiger partial charge in [-0.2, -0.15) is 5.10 Å². The zero-order valence-electron chi connectivity index (χ0n) is 15.7. The second-order valence-electron chi connectivity index (χ2n) is 7.84. The Bertz CT molecular complexity index is 1030. The van der Waals surface area contributed by atoms with Crippen LogP contribution >= 0.6 is 0 Å². The van der Waals surface area contributed by atoms with Gasteiger partial charge < -0.3 is 10.6 Å². The fourth-order valence-electron chi connectivity index (χ4n) is 4.54. The van der Waals surface area contributed by atoms with Crippen LogP contribution in [0.3, 0.4) is 0 Å². The first-order valence-electron chi connectivity index (χ1n) is 9.66. The average molecular weight is 377 g/mol. The Morgan fingerprint density at radius 1 is 1.11 bits per heavy atom. The molecule has 3 atom stereocenters. The topological polar surface area (TPSA) is 102 Å². The summed E-state index contributed by atoms with van der Waals surface area (Å²) >= 11 is 0. The number of hydrogen-bond acceptors (Lipinski definition) is 5. The molecule has 8 heteroatoms. The molecule has 28 heavy (non-hydrogen) atoms. The number of nitrogens with one attached hydrogen (secondary N) is 1. The smallest absolute Gasteiger partial charge is 0.323 e. The lowest BCUT2D eigenvalue weighted by Gasteiger charge is -2.37. The number of urea groups is 1. The van der Waals surface area contributed by atoms with Crippen LogP contribution in [0.4, 0.5) is 10.6 Å². The number of piperidine rings is 1. The molecule has 0 saturated carbocycles. The van der Waals surface area contributed by atoms with Crippen molar-refractivity contribution in [2.45, 2.75) is 43.8 Å². The van der Waals surface area contributed by atoms with Crippen LogP contribution in [0, 0.1) is 0 Å². The second kappa shape index (κ2) is 6.56. The zero-order valence-corrected chi connectivity index (χ0v) is 15.7. The van der Waals surface area contributed by atoms with E-state index in [1.165, 1.54) is 0 Å². The van der Waals surface area contributed by atoms with Crippen molar-refractivity contribution in [1.82, 2.24) is 24.6 Å². The highest BCUT2D eigenvalue weighted by molar-refractivity contribution is 5.93. The lowest BCUT2D eigenvalue weighted by Crippen LogP contribution is -2.51. The number of nitrogens with two attached hydrogens (primary N) is 1. The maximum Gasteiger partial charge on any atom is 0.323 e. The van der Waals surface area contributed by atoms with Crippen molar-refractivity contribution in [2.75, 3.05) is 5.32 Å². The number of aromatic nitrogens is 4. The summed E-state index contributed by atoms with van der Waals surface area (Å²) in [6.07, 6.45) is 11.1. The van der Waals surface area contributed by atoms with Crippen molar-refractivity contribution in [3.8, 4) is 11.3 Å². The van der Waals surface area contributed by atoms with Crippen LogP contribution in [0.5, 0.6) is 0 Å². The molecule has 3 N–H and O–H groups in total. The molecule has 2 aliphatic heterocycles. The summed E-state index contributed by atoms with van der Waals surface area (Å²) in [5.74, 6) is 0.551. The van der Waals surface area contributed by atoms with Gasteiger partial charge in [-0.05, 0) is 43.2 Å². The number of nitrogens with zero attached hydrogens (tertiary/aromatic N) is 5. The Morgan fingerprint density at radius 2 is 1.86 bits per heavy atom. The molecule has 2 aliphatic rings. The van der Waals surface area contributed by atoms with Crippen molar-refractivity contribution < 1.29 is 4.79 Å². The van der Waals surface area contributed by atoms with Gasteiger partial charge in [-0.15, -0.1) is 0 Å². The molecule has 5 heterocycles. The molecule has 2 bridgehead atoms. The molecule has 0 spiro atoms. The van der Waals surface area contributed by atoms with Gasteiger partial charge in [0.15, 0.2) is 0 Å². The van der Waals surface area contributed by atoms with E-state index in [1.807, 2.05) is 30.3 Å². The number of rotatable bonds is 2. The van der Waals surface area contributed by atoms with E-state index in [4.69, 9.17) is 5.73 Å². The molecular weight excluding hydrogens is 354 g/mol. The third-order valence-electron chi connectivity index (χ3n) is 5.84. The Labute approximate surface area is 162 Å². The first kappa shape index (κ1) is 17.1. The quantitative estimate of drug-likeness (QED) is 0.714. The molecule has 0 unspecified atom stereocenters. The highest BCUT2D eigenvalue weighted by Gasteiger charge is 2.42. The van der Waals surface area contributed by atoms with Crippen LogP contribution in [-0.4, -0.2) is 48.8 Å². The normalized spacial score (nSPS) is 23.9. The molecular formula is C20H23N7O. The van der Waals surface area contributed by atoms with Crippen LogP contribution in [0.2, 0.25) is 0 Å².